The summed E-state index contributed by atoms with van der Waals surface area (Å²) in [6, 6.07) is 8.69. The fourth-order valence-electron chi connectivity index (χ4n) is 2.66. The summed E-state index contributed by atoms with van der Waals surface area (Å²) in [6.07, 6.45) is 2.34. The highest BCUT2D eigenvalue weighted by Crippen LogP contribution is 2.39. The highest BCUT2D eigenvalue weighted by Gasteiger charge is 2.29. The lowest BCUT2D eigenvalue weighted by atomic mass is 10.0. The highest BCUT2D eigenvalue weighted by molar-refractivity contribution is 7.98. The van der Waals surface area contributed by atoms with Crippen molar-refractivity contribution in [2.24, 2.45) is 0 Å². The largest absolute Gasteiger partial charge is 0.336 e. The zero-order chi connectivity index (χ0) is 17.4. The van der Waals surface area contributed by atoms with Crippen molar-refractivity contribution in [2.45, 2.75) is 49.4 Å². The molecule has 1 saturated carbocycles. The van der Waals surface area contributed by atoms with Crippen molar-refractivity contribution >= 4 is 23.1 Å². The summed E-state index contributed by atoms with van der Waals surface area (Å²) in [5.74, 6) is 8.81. The van der Waals surface area contributed by atoms with E-state index in [1.807, 2.05) is 0 Å². The Morgan fingerprint density at radius 3 is 2.68 bits per heavy atom. The number of aromatic nitrogens is 4. The molecule has 4 rings (SSSR count). The van der Waals surface area contributed by atoms with Gasteiger partial charge in [-0.25, -0.2) is 9.66 Å². The minimum absolute atomic E-state index is 0.506. The van der Waals surface area contributed by atoms with Gasteiger partial charge in [0.05, 0.1) is 5.69 Å². The monoisotopic (exact) mass is 371 g/mol. The second-order valence-corrected chi connectivity index (χ2v) is 8.50. The van der Waals surface area contributed by atoms with Gasteiger partial charge < -0.3 is 5.84 Å². The lowest BCUT2D eigenvalue weighted by molar-refractivity contribution is 0.790. The maximum absolute atomic E-state index is 6.10. The fourth-order valence-corrected chi connectivity index (χ4v) is 4.35. The Balaban J connectivity index is 1.42. The summed E-state index contributed by atoms with van der Waals surface area (Å²) >= 11 is 3.27. The molecule has 0 radical (unpaired) electrons. The molecule has 5 nitrogen and oxygen atoms in total. The minimum atomic E-state index is 0.506. The van der Waals surface area contributed by atoms with Gasteiger partial charge in [-0.15, -0.1) is 21.5 Å². The maximum Gasteiger partial charge on any atom is 0.210 e. The first-order valence-electron chi connectivity index (χ1n) is 8.49. The van der Waals surface area contributed by atoms with Crippen LogP contribution in [0.25, 0.3) is 10.6 Å². The van der Waals surface area contributed by atoms with E-state index in [1.54, 1.807) is 27.8 Å². The van der Waals surface area contributed by atoms with Crippen LogP contribution in [-0.4, -0.2) is 19.9 Å². The second kappa shape index (κ2) is 6.80. The zero-order valence-corrected chi connectivity index (χ0v) is 16.0. The molecule has 1 fully saturated rings. The molecule has 7 heteroatoms. The van der Waals surface area contributed by atoms with Gasteiger partial charge in [0.1, 0.15) is 5.01 Å². The number of benzene rings is 1. The Morgan fingerprint density at radius 1 is 1.24 bits per heavy atom. The number of nitrogens with two attached hydrogens (primary N) is 1. The van der Waals surface area contributed by atoms with E-state index in [9.17, 15) is 0 Å². The molecule has 3 aromatic rings. The first-order chi connectivity index (χ1) is 12.1. The topological polar surface area (TPSA) is 69.6 Å². The van der Waals surface area contributed by atoms with E-state index in [0.29, 0.717) is 11.8 Å². The van der Waals surface area contributed by atoms with Crippen molar-refractivity contribution < 1.29 is 0 Å². The van der Waals surface area contributed by atoms with Crippen molar-refractivity contribution in [3.05, 3.63) is 46.7 Å². The van der Waals surface area contributed by atoms with Gasteiger partial charge in [0.15, 0.2) is 5.82 Å². The molecule has 1 aliphatic rings. The highest BCUT2D eigenvalue weighted by atomic mass is 32.2. The predicted octanol–water partition coefficient (Wildman–Crippen LogP) is 4.41. The fraction of sp³-hybridized carbons (Fsp3) is 0.389. The molecule has 0 amide bonds. The summed E-state index contributed by atoms with van der Waals surface area (Å²) in [4.78, 5) is 4.75. The Bertz CT molecular complexity index is 862. The predicted molar refractivity (Wildman–Crippen MR) is 103 cm³/mol. The van der Waals surface area contributed by atoms with Gasteiger partial charge >= 0.3 is 0 Å². The molecule has 1 aromatic carbocycles. The Labute approximate surface area is 155 Å². The second-order valence-electron chi connectivity index (χ2n) is 6.69. The number of rotatable bonds is 6. The summed E-state index contributed by atoms with van der Waals surface area (Å²) in [7, 11) is 0. The van der Waals surface area contributed by atoms with Crippen LogP contribution >= 0.6 is 23.1 Å². The first kappa shape index (κ1) is 16.6. The molecule has 0 aliphatic heterocycles. The van der Waals surface area contributed by atoms with Crippen molar-refractivity contribution in [1.82, 2.24) is 19.9 Å². The van der Waals surface area contributed by atoms with Crippen molar-refractivity contribution in [3.63, 3.8) is 0 Å². The third kappa shape index (κ3) is 3.57. The van der Waals surface area contributed by atoms with Gasteiger partial charge in [0.25, 0.3) is 0 Å². The van der Waals surface area contributed by atoms with Crippen LogP contribution in [0.1, 0.15) is 55.6 Å². The van der Waals surface area contributed by atoms with Crippen molar-refractivity contribution in [1.29, 1.82) is 0 Å². The molecule has 0 saturated heterocycles. The minimum Gasteiger partial charge on any atom is -0.336 e. The van der Waals surface area contributed by atoms with E-state index in [2.05, 4.69) is 53.7 Å². The van der Waals surface area contributed by atoms with Crippen LogP contribution in [0.4, 0.5) is 0 Å². The molecule has 2 N–H and O–H groups in total. The van der Waals surface area contributed by atoms with Crippen LogP contribution in [-0.2, 0) is 5.75 Å². The van der Waals surface area contributed by atoms with Crippen LogP contribution in [0, 0.1) is 0 Å². The summed E-state index contributed by atoms with van der Waals surface area (Å²) in [5.41, 5.74) is 3.57. The van der Waals surface area contributed by atoms with E-state index in [0.717, 1.165) is 27.4 Å². The van der Waals surface area contributed by atoms with Crippen molar-refractivity contribution in [3.8, 4) is 10.6 Å². The zero-order valence-electron chi connectivity index (χ0n) is 14.3. The van der Waals surface area contributed by atoms with Gasteiger partial charge in [-0.3, -0.25) is 0 Å². The van der Waals surface area contributed by atoms with E-state index in [1.165, 1.54) is 24.0 Å². The smallest absolute Gasteiger partial charge is 0.210 e. The van der Waals surface area contributed by atoms with E-state index in [-0.39, 0.29) is 0 Å². The molecule has 0 bridgehead atoms. The SMILES string of the molecule is CC(C)c1ccc(-c2nc(CSc3nnc(C4CC4)n3N)cs2)cc1. The van der Waals surface area contributed by atoms with Crippen LogP contribution in [0.3, 0.4) is 0 Å². The third-order valence-corrected chi connectivity index (χ3v) is 6.28. The molecule has 0 spiro atoms. The normalized spacial score (nSPS) is 14.4. The third-order valence-electron chi connectivity index (χ3n) is 4.36. The van der Waals surface area contributed by atoms with Crippen LogP contribution in [0.5, 0.6) is 0 Å². The number of hydrogen-bond acceptors (Lipinski definition) is 6. The number of thioether (sulfide) groups is 1. The number of nitrogens with zero attached hydrogens (tertiary/aromatic N) is 4. The van der Waals surface area contributed by atoms with Gasteiger partial charge in [-0.05, 0) is 24.3 Å². The Hall–Kier alpha value is -1.86. The molecule has 2 heterocycles. The molecule has 0 atom stereocenters. The molecule has 0 unspecified atom stereocenters. The molecule has 25 heavy (non-hydrogen) atoms. The summed E-state index contributed by atoms with van der Waals surface area (Å²) in [6.45, 7) is 4.41. The van der Waals surface area contributed by atoms with E-state index in [4.69, 9.17) is 10.8 Å². The maximum atomic E-state index is 6.10. The standard InChI is InChI=1S/C18H21N5S2/c1-11(2)12-3-7-14(8-4-12)17-20-15(9-24-17)10-25-18-22-21-16(23(18)19)13-5-6-13/h3-4,7-9,11,13H,5-6,10,19H2,1-2H3. The Morgan fingerprint density at radius 2 is 2.00 bits per heavy atom. The van der Waals surface area contributed by atoms with Gasteiger partial charge in [-0.2, -0.15) is 0 Å². The quantitative estimate of drug-likeness (QED) is 0.513. The van der Waals surface area contributed by atoms with Crippen LogP contribution < -0.4 is 5.84 Å². The van der Waals surface area contributed by atoms with Gasteiger partial charge in [0, 0.05) is 22.6 Å². The molecule has 2 aromatic heterocycles. The first-order valence-corrected chi connectivity index (χ1v) is 10.4. The lowest BCUT2D eigenvalue weighted by Gasteiger charge is -2.05. The van der Waals surface area contributed by atoms with Gasteiger partial charge in [0.2, 0.25) is 5.16 Å². The van der Waals surface area contributed by atoms with Crippen LogP contribution in [0.15, 0.2) is 34.8 Å². The molecule has 130 valence electrons. The average molecular weight is 372 g/mol. The van der Waals surface area contributed by atoms with Gasteiger partial charge in [-0.1, -0.05) is 49.9 Å². The molecule has 1 aliphatic carbocycles. The lowest BCUT2D eigenvalue weighted by Crippen LogP contribution is -2.13. The van der Waals surface area contributed by atoms with Crippen molar-refractivity contribution in [2.75, 3.05) is 5.84 Å². The number of nitrogen functional groups attached to an aromatic ring is 1. The van der Waals surface area contributed by atoms with E-state index >= 15 is 0 Å². The van der Waals surface area contributed by atoms with Crippen LogP contribution in [0.2, 0.25) is 0 Å². The average Bonchev–Trinajstić information content (AvgIpc) is 3.23. The number of hydrogen-bond donors (Lipinski definition) is 1. The number of thiazole rings is 1. The molecular formula is C18H21N5S2. The Kier molecular flexibility index (Phi) is 4.52. The summed E-state index contributed by atoms with van der Waals surface area (Å²) in [5, 5.41) is 12.3. The molecular weight excluding hydrogens is 350 g/mol. The van der Waals surface area contributed by atoms with E-state index < -0.39 is 0 Å². The summed E-state index contributed by atoms with van der Waals surface area (Å²) < 4.78 is 1.64.